The molecule has 2 aliphatic rings. The molecule has 28 heavy (non-hydrogen) atoms. The monoisotopic (exact) mass is 406 g/mol. The molecule has 0 bridgehead atoms. The maximum absolute atomic E-state index is 12.6. The Balaban J connectivity index is 1.46. The van der Waals surface area contributed by atoms with Gasteiger partial charge in [-0.2, -0.15) is 0 Å². The van der Waals surface area contributed by atoms with E-state index in [-0.39, 0.29) is 17.5 Å². The molecular formula is C23H35ClN2O2. The van der Waals surface area contributed by atoms with E-state index in [0.717, 1.165) is 82.7 Å². The number of halogens is 1. The molecule has 4 nitrogen and oxygen atoms in total. The van der Waals surface area contributed by atoms with Crippen molar-refractivity contribution in [1.82, 2.24) is 4.90 Å². The molecule has 2 fully saturated rings. The number of unbranched alkanes of at least 4 members (excludes halogenated alkanes) is 1. The summed E-state index contributed by atoms with van der Waals surface area (Å²) >= 11 is 6.13. The summed E-state index contributed by atoms with van der Waals surface area (Å²) in [7, 11) is 0. The number of hydrogen-bond donors (Lipinski definition) is 0. The average molecular weight is 407 g/mol. The third-order valence-electron chi connectivity index (χ3n) is 6.38. The van der Waals surface area contributed by atoms with Gasteiger partial charge in [-0.3, -0.25) is 9.69 Å². The minimum atomic E-state index is -0.208. The highest BCUT2D eigenvalue weighted by Gasteiger charge is 2.47. The zero-order valence-corrected chi connectivity index (χ0v) is 18.2. The molecule has 0 N–H and O–H groups in total. The zero-order valence-electron chi connectivity index (χ0n) is 17.5. The van der Waals surface area contributed by atoms with Crippen molar-refractivity contribution >= 4 is 23.3 Å². The molecule has 3 rings (SSSR count). The number of esters is 1. The minimum absolute atomic E-state index is 0.0681. The van der Waals surface area contributed by atoms with E-state index >= 15 is 0 Å². The number of ether oxygens (including phenoxy) is 1. The average Bonchev–Trinajstić information content (AvgIpc) is 3.01. The molecule has 2 heterocycles. The van der Waals surface area contributed by atoms with Crippen molar-refractivity contribution in [3.63, 3.8) is 0 Å². The second-order valence-corrected chi connectivity index (χ2v) is 8.90. The van der Waals surface area contributed by atoms with Gasteiger partial charge in [-0.1, -0.05) is 50.8 Å². The molecule has 2 aliphatic heterocycles. The van der Waals surface area contributed by atoms with Crippen LogP contribution in [0.2, 0.25) is 5.02 Å². The van der Waals surface area contributed by atoms with Crippen LogP contribution in [0.5, 0.6) is 0 Å². The van der Waals surface area contributed by atoms with Gasteiger partial charge in [0.25, 0.3) is 0 Å². The summed E-state index contributed by atoms with van der Waals surface area (Å²) in [5.41, 5.74) is 0.998. The van der Waals surface area contributed by atoms with Gasteiger partial charge in [0.2, 0.25) is 0 Å². The van der Waals surface area contributed by atoms with Gasteiger partial charge >= 0.3 is 5.97 Å². The molecule has 156 valence electrons. The first-order valence-corrected chi connectivity index (χ1v) is 11.4. The molecule has 0 aromatic heterocycles. The van der Waals surface area contributed by atoms with E-state index in [1.54, 1.807) is 0 Å². The molecule has 0 radical (unpaired) electrons. The quantitative estimate of drug-likeness (QED) is 0.531. The predicted octanol–water partition coefficient (Wildman–Crippen LogP) is 5.14. The summed E-state index contributed by atoms with van der Waals surface area (Å²) < 4.78 is 5.83. The molecule has 0 saturated carbocycles. The maximum Gasteiger partial charge on any atom is 0.312 e. The highest BCUT2D eigenvalue weighted by atomic mass is 35.5. The standard InChI is InChI=1S/C23H35ClN2O2/c1-3-5-11-23(10-4-2)18-21(28-22(23)27)9-12-25-13-15-26(16-14-25)20-8-6-7-19(24)17-20/h6-8,17,21H,3-5,9-16,18H2,1-2H3. The highest BCUT2D eigenvalue weighted by Crippen LogP contribution is 2.43. The van der Waals surface area contributed by atoms with Crippen molar-refractivity contribution in [3.05, 3.63) is 29.3 Å². The van der Waals surface area contributed by atoms with Crippen LogP contribution >= 0.6 is 11.6 Å². The number of cyclic esters (lactones) is 1. The Bertz CT molecular complexity index is 645. The van der Waals surface area contributed by atoms with Crippen molar-refractivity contribution in [3.8, 4) is 0 Å². The number of hydrogen-bond acceptors (Lipinski definition) is 4. The molecule has 1 aromatic carbocycles. The van der Waals surface area contributed by atoms with Crippen molar-refractivity contribution in [1.29, 1.82) is 0 Å². The lowest BCUT2D eigenvalue weighted by Crippen LogP contribution is -2.47. The number of carbonyl (C=O) groups excluding carboxylic acids is 1. The summed E-state index contributed by atoms with van der Waals surface area (Å²) in [6.07, 6.45) is 7.25. The third kappa shape index (κ3) is 5.21. The predicted molar refractivity (Wildman–Crippen MR) is 116 cm³/mol. The fourth-order valence-corrected chi connectivity index (χ4v) is 4.94. The van der Waals surface area contributed by atoms with Crippen LogP contribution in [0.25, 0.3) is 0 Å². The fourth-order valence-electron chi connectivity index (χ4n) is 4.75. The Morgan fingerprint density at radius 2 is 1.93 bits per heavy atom. The van der Waals surface area contributed by atoms with Crippen LogP contribution in [0.4, 0.5) is 5.69 Å². The summed E-state index contributed by atoms with van der Waals surface area (Å²) in [6.45, 7) is 9.50. The Hall–Kier alpha value is -1.26. The summed E-state index contributed by atoms with van der Waals surface area (Å²) in [6, 6.07) is 8.10. The largest absolute Gasteiger partial charge is 0.462 e. The molecule has 2 unspecified atom stereocenters. The Labute approximate surface area is 175 Å². The van der Waals surface area contributed by atoms with Gasteiger partial charge in [-0.25, -0.2) is 0 Å². The van der Waals surface area contributed by atoms with Gasteiger partial charge in [0.15, 0.2) is 0 Å². The van der Waals surface area contributed by atoms with Crippen LogP contribution in [0.1, 0.15) is 58.8 Å². The first-order chi connectivity index (χ1) is 13.6. The molecule has 0 spiro atoms. The van der Waals surface area contributed by atoms with Crippen LogP contribution in [0.3, 0.4) is 0 Å². The molecule has 5 heteroatoms. The second-order valence-electron chi connectivity index (χ2n) is 8.46. The van der Waals surface area contributed by atoms with Gasteiger partial charge in [0.1, 0.15) is 6.10 Å². The summed E-state index contributed by atoms with van der Waals surface area (Å²) in [5.74, 6) is 0.0681. The topological polar surface area (TPSA) is 32.8 Å². The number of carbonyl (C=O) groups is 1. The van der Waals surface area contributed by atoms with Crippen molar-refractivity contribution in [2.45, 2.75) is 64.9 Å². The number of rotatable bonds is 9. The number of nitrogens with zero attached hydrogens (tertiary/aromatic N) is 2. The van der Waals surface area contributed by atoms with Gasteiger partial charge in [0.05, 0.1) is 5.41 Å². The van der Waals surface area contributed by atoms with Crippen molar-refractivity contribution in [2.75, 3.05) is 37.6 Å². The van der Waals surface area contributed by atoms with Crippen LogP contribution in [0, 0.1) is 5.41 Å². The summed E-state index contributed by atoms with van der Waals surface area (Å²) in [4.78, 5) is 17.5. The SMILES string of the molecule is CCCCC1(CCC)CC(CCN2CCN(c3cccc(Cl)c3)CC2)OC1=O. The molecule has 2 atom stereocenters. The van der Waals surface area contributed by atoms with E-state index in [1.165, 1.54) is 5.69 Å². The van der Waals surface area contributed by atoms with Gasteiger partial charge in [-0.15, -0.1) is 0 Å². The molecule has 0 amide bonds. The lowest BCUT2D eigenvalue weighted by molar-refractivity contribution is -0.149. The van der Waals surface area contributed by atoms with Crippen LogP contribution in [-0.2, 0) is 9.53 Å². The van der Waals surface area contributed by atoms with E-state index in [9.17, 15) is 4.79 Å². The Morgan fingerprint density at radius 1 is 1.14 bits per heavy atom. The fraction of sp³-hybridized carbons (Fsp3) is 0.696. The van der Waals surface area contributed by atoms with E-state index in [1.807, 2.05) is 18.2 Å². The normalized spacial score (nSPS) is 25.9. The first kappa shape index (κ1) is 21.4. The number of anilines is 1. The lowest BCUT2D eigenvalue weighted by atomic mass is 9.76. The molecule has 2 saturated heterocycles. The molecule has 1 aromatic rings. The van der Waals surface area contributed by atoms with E-state index < -0.39 is 0 Å². The van der Waals surface area contributed by atoms with Crippen molar-refractivity contribution in [2.24, 2.45) is 5.41 Å². The Morgan fingerprint density at radius 3 is 2.61 bits per heavy atom. The van der Waals surface area contributed by atoms with Gasteiger partial charge in [-0.05, 0) is 37.5 Å². The van der Waals surface area contributed by atoms with E-state index in [2.05, 4.69) is 29.7 Å². The van der Waals surface area contributed by atoms with E-state index in [4.69, 9.17) is 16.3 Å². The molecule has 0 aliphatic carbocycles. The van der Waals surface area contributed by atoms with Crippen LogP contribution < -0.4 is 4.90 Å². The second kappa shape index (κ2) is 9.98. The lowest BCUT2D eigenvalue weighted by Gasteiger charge is -2.36. The number of benzene rings is 1. The third-order valence-corrected chi connectivity index (χ3v) is 6.61. The smallest absolute Gasteiger partial charge is 0.312 e. The van der Waals surface area contributed by atoms with Gasteiger partial charge < -0.3 is 9.64 Å². The van der Waals surface area contributed by atoms with Crippen molar-refractivity contribution < 1.29 is 9.53 Å². The molecular weight excluding hydrogens is 372 g/mol. The summed E-state index contributed by atoms with van der Waals surface area (Å²) in [5, 5.41) is 0.793. The zero-order chi connectivity index (χ0) is 20.0. The van der Waals surface area contributed by atoms with Crippen LogP contribution in [-0.4, -0.2) is 49.7 Å². The maximum atomic E-state index is 12.6. The highest BCUT2D eigenvalue weighted by molar-refractivity contribution is 6.30. The van der Waals surface area contributed by atoms with E-state index in [0.29, 0.717) is 0 Å². The number of piperazine rings is 1. The minimum Gasteiger partial charge on any atom is -0.462 e. The Kier molecular flexibility index (Phi) is 7.64. The first-order valence-electron chi connectivity index (χ1n) is 11.0. The van der Waals surface area contributed by atoms with Gasteiger partial charge in [0, 0.05) is 49.9 Å². The van der Waals surface area contributed by atoms with Crippen LogP contribution in [0.15, 0.2) is 24.3 Å².